The van der Waals surface area contributed by atoms with Gasteiger partial charge in [-0.3, -0.25) is 0 Å². The first-order valence-corrected chi connectivity index (χ1v) is 18.9. The van der Waals surface area contributed by atoms with E-state index in [0.29, 0.717) is 37.8 Å². The Morgan fingerprint density at radius 2 is 0.596 bits per heavy atom. The zero-order chi connectivity index (χ0) is 32.1. The third-order valence-electron chi connectivity index (χ3n) is 8.19. The van der Waals surface area contributed by atoms with E-state index in [-0.39, 0.29) is 0 Å². The molecule has 6 heteroatoms. The molecule has 0 aliphatic heterocycles. The average Bonchev–Trinajstić information content (AvgIpc) is 3.16. The van der Waals surface area contributed by atoms with Gasteiger partial charge in [0.1, 0.15) is 10.9 Å². The normalized spacial score (nSPS) is 11.6. The van der Waals surface area contributed by atoms with Crippen LogP contribution in [0.1, 0.15) is 0 Å². The number of aromatic nitrogens is 1. The molecule has 0 fully saturated rings. The lowest BCUT2D eigenvalue weighted by Gasteiger charge is -2.29. The summed E-state index contributed by atoms with van der Waals surface area (Å²) < 4.78 is 31.7. The molecule has 0 aliphatic carbocycles. The summed E-state index contributed by atoms with van der Waals surface area (Å²) in [4.78, 5) is 7.31. The van der Waals surface area contributed by atoms with Crippen LogP contribution in [0.3, 0.4) is 0 Å². The number of rotatable bonds is 9. The van der Waals surface area contributed by atoms with Crippen LogP contribution in [0.2, 0.25) is 0 Å². The molecule has 0 bridgehead atoms. The maximum absolute atomic E-state index is 15.8. The summed E-state index contributed by atoms with van der Waals surface area (Å²) in [5.74, 6) is 0. The Hall–Kier alpha value is -5.27. The van der Waals surface area contributed by atoms with Crippen LogP contribution < -0.4 is 37.0 Å². The molecule has 7 rings (SSSR count). The summed E-state index contributed by atoms with van der Waals surface area (Å²) in [6.07, 6.45) is 0. The van der Waals surface area contributed by atoms with Gasteiger partial charge >= 0.3 is 0 Å². The summed E-state index contributed by atoms with van der Waals surface area (Å²) in [7, 11) is -7.13. The van der Waals surface area contributed by atoms with Crippen molar-refractivity contribution in [2.24, 2.45) is 0 Å². The second kappa shape index (κ2) is 13.2. The van der Waals surface area contributed by atoms with E-state index < -0.39 is 14.3 Å². The number of pyridine rings is 1. The molecular weight excluding hydrogens is 614 g/mol. The van der Waals surface area contributed by atoms with Gasteiger partial charge in [-0.05, 0) is 36.4 Å². The quantitative estimate of drug-likeness (QED) is 0.150. The molecule has 0 aliphatic rings. The molecule has 47 heavy (non-hydrogen) atoms. The number of nitrogens with zero attached hydrogens (tertiary/aromatic N) is 2. The SMILES string of the molecule is O=P(c1ccccc1)(c1ccccc1)c1cc(N(c2ccccc2)c2ccccc2)cc(P(=O)(c2ccccc2)c2ccccc2)n1. The Labute approximate surface area is 275 Å². The molecule has 0 unspecified atom stereocenters. The Morgan fingerprint density at radius 1 is 0.340 bits per heavy atom. The molecule has 0 N–H and O–H groups in total. The monoisotopic (exact) mass is 646 g/mol. The van der Waals surface area contributed by atoms with Gasteiger partial charge in [-0.15, -0.1) is 0 Å². The molecule has 0 atom stereocenters. The maximum Gasteiger partial charge on any atom is 0.188 e. The summed E-state index contributed by atoms with van der Waals surface area (Å²) in [5.41, 5.74) is 3.26. The fourth-order valence-corrected chi connectivity index (χ4v) is 11.1. The van der Waals surface area contributed by atoms with Crippen LogP contribution in [0.15, 0.2) is 194 Å². The van der Waals surface area contributed by atoms with Crippen LogP contribution in [-0.2, 0) is 9.13 Å². The second-order valence-electron chi connectivity index (χ2n) is 11.1. The fraction of sp³-hybridized carbons (Fsp3) is 0. The molecule has 0 amide bonds. The first-order chi connectivity index (χ1) is 23.1. The van der Waals surface area contributed by atoms with E-state index in [1.165, 1.54) is 0 Å². The van der Waals surface area contributed by atoms with Crippen molar-refractivity contribution in [3.05, 3.63) is 194 Å². The minimum Gasteiger partial charge on any atom is -0.310 e. The lowest BCUT2D eigenvalue weighted by atomic mass is 10.2. The van der Waals surface area contributed by atoms with Crippen LogP contribution in [0.5, 0.6) is 0 Å². The number of hydrogen-bond acceptors (Lipinski definition) is 4. The molecule has 0 saturated heterocycles. The highest BCUT2D eigenvalue weighted by atomic mass is 31.2. The summed E-state index contributed by atoms with van der Waals surface area (Å²) in [6.45, 7) is 0. The molecule has 1 aromatic heterocycles. The van der Waals surface area contributed by atoms with E-state index >= 15 is 9.13 Å². The van der Waals surface area contributed by atoms with Gasteiger partial charge in [-0.1, -0.05) is 158 Å². The maximum atomic E-state index is 15.8. The second-order valence-corrected chi connectivity index (χ2v) is 16.5. The zero-order valence-corrected chi connectivity index (χ0v) is 27.4. The van der Waals surface area contributed by atoms with E-state index in [9.17, 15) is 0 Å². The van der Waals surface area contributed by atoms with E-state index in [0.717, 1.165) is 11.4 Å². The summed E-state index contributed by atoms with van der Waals surface area (Å²) in [6, 6.07) is 61.9. The van der Waals surface area contributed by atoms with Crippen molar-refractivity contribution >= 4 is 63.4 Å². The minimum absolute atomic E-state index is 0.367. The van der Waals surface area contributed by atoms with Crippen molar-refractivity contribution in [2.75, 3.05) is 4.90 Å². The van der Waals surface area contributed by atoms with Crippen LogP contribution >= 0.6 is 14.3 Å². The number of para-hydroxylation sites is 2. The smallest absolute Gasteiger partial charge is 0.188 e. The molecule has 0 radical (unpaired) electrons. The van der Waals surface area contributed by atoms with Crippen LogP contribution in [0.4, 0.5) is 17.1 Å². The highest BCUT2D eigenvalue weighted by Crippen LogP contribution is 2.47. The first-order valence-electron chi connectivity index (χ1n) is 15.4. The Balaban J connectivity index is 1.60. The van der Waals surface area contributed by atoms with Gasteiger partial charge in [-0.2, -0.15) is 0 Å². The third kappa shape index (κ3) is 5.79. The minimum atomic E-state index is -3.56. The molecule has 7 aromatic rings. The zero-order valence-electron chi connectivity index (χ0n) is 25.6. The van der Waals surface area contributed by atoms with Crippen LogP contribution in [0.25, 0.3) is 0 Å². The van der Waals surface area contributed by atoms with Gasteiger partial charge in [0.2, 0.25) is 0 Å². The summed E-state index contributed by atoms with van der Waals surface area (Å²) >= 11 is 0. The van der Waals surface area contributed by atoms with Gasteiger partial charge in [0, 0.05) is 32.6 Å². The Kier molecular flexibility index (Phi) is 8.55. The number of anilines is 3. The lowest BCUT2D eigenvalue weighted by molar-refractivity contribution is 0.592. The first kappa shape index (κ1) is 30.4. The molecule has 6 aromatic carbocycles. The highest BCUT2D eigenvalue weighted by molar-refractivity contribution is 7.86. The average molecular weight is 647 g/mol. The van der Waals surface area contributed by atoms with Crippen LogP contribution in [0, 0.1) is 0 Å². The van der Waals surface area contributed by atoms with Crippen LogP contribution in [-0.4, -0.2) is 4.98 Å². The van der Waals surface area contributed by atoms with Crippen molar-refractivity contribution in [3.63, 3.8) is 0 Å². The number of hydrogen-bond donors (Lipinski definition) is 0. The van der Waals surface area contributed by atoms with Gasteiger partial charge in [-0.25, -0.2) is 4.98 Å². The van der Waals surface area contributed by atoms with Crippen molar-refractivity contribution < 1.29 is 9.13 Å². The molecule has 4 nitrogen and oxygen atoms in total. The van der Waals surface area contributed by atoms with E-state index in [4.69, 9.17) is 4.98 Å². The topological polar surface area (TPSA) is 50.3 Å². The van der Waals surface area contributed by atoms with E-state index in [1.807, 2.05) is 194 Å². The third-order valence-corrected chi connectivity index (χ3v) is 14.0. The largest absolute Gasteiger partial charge is 0.310 e. The predicted octanol–water partition coefficient (Wildman–Crippen LogP) is 7.83. The van der Waals surface area contributed by atoms with Crippen molar-refractivity contribution in [1.29, 1.82) is 0 Å². The van der Waals surface area contributed by atoms with Gasteiger partial charge < -0.3 is 14.0 Å². The number of benzene rings is 6. The lowest BCUT2D eigenvalue weighted by Crippen LogP contribution is -2.35. The van der Waals surface area contributed by atoms with Crippen molar-refractivity contribution in [1.82, 2.24) is 4.98 Å². The van der Waals surface area contributed by atoms with Gasteiger partial charge in [0.05, 0.1) is 5.69 Å². The summed E-state index contributed by atoms with van der Waals surface area (Å²) in [5, 5.41) is 2.62. The molecular formula is C41H32N2O2P2. The van der Waals surface area contributed by atoms with Crippen molar-refractivity contribution in [2.45, 2.75) is 0 Å². The Morgan fingerprint density at radius 3 is 0.872 bits per heavy atom. The standard InChI is InChI=1S/C41H32N2O2P2/c44-46(36-23-11-3-12-24-36,37-25-13-4-14-26-37)40-31-35(43(33-19-7-1-8-20-33)34-21-9-2-10-22-34)32-41(42-40)47(45,38-27-15-5-16-28-38)39-29-17-6-18-30-39/h1-32H. The fourth-order valence-electron chi connectivity index (χ4n) is 5.92. The molecule has 228 valence electrons. The van der Waals surface area contributed by atoms with Crippen molar-refractivity contribution in [3.8, 4) is 0 Å². The molecule has 0 saturated carbocycles. The molecule has 1 heterocycles. The van der Waals surface area contributed by atoms with Gasteiger partial charge in [0.15, 0.2) is 14.3 Å². The molecule has 0 spiro atoms. The van der Waals surface area contributed by atoms with Gasteiger partial charge in [0.25, 0.3) is 0 Å². The van der Waals surface area contributed by atoms with E-state index in [1.54, 1.807) is 0 Å². The predicted molar refractivity (Wildman–Crippen MR) is 198 cm³/mol. The van der Waals surface area contributed by atoms with E-state index in [2.05, 4.69) is 4.90 Å². The Bertz CT molecular complexity index is 1940. The highest BCUT2D eigenvalue weighted by Gasteiger charge is 2.37.